The van der Waals surface area contributed by atoms with Crippen molar-refractivity contribution in [2.75, 3.05) is 5.32 Å². The van der Waals surface area contributed by atoms with E-state index in [4.69, 9.17) is 0 Å². The van der Waals surface area contributed by atoms with E-state index in [9.17, 15) is 4.79 Å². The summed E-state index contributed by atoms with van der Waals surface area (Å²) in [7, 11) is 0. The minimum atomic E-state index is -0.0746. The fourth-order valence-corrected chi connectivity index (χ4v) is 3.42. The molecule has 0 fully saturated rings. The highest BCUT2D eigenvalue weighted by Gasteiger charge is 2.14. The lowest BCUT2D eigenvalue weighted by Gasteiger charge is -2.16. The number of carbonyl (C=O) groups is 1. The monoisotopic (exact) mass is 381 g/mol. The van der Waals surface area contributed by atoms with Crippen LogP contribution < -0.4 is 5.32 Å². The number of amides is 1. The molecule has 24 heavy (non-hydrogen) atoms. The van der Waals surface area contributed by atoms with Crippen LogP contribution in [0.25, 0.3) is 10.8 Å². The standard InChI is InChI=1S/C21H20BrNO/c1-3-14(2)15-8-4-5-13-20(15)23-21(24)18-11-6-10-17-16(18)9-7-12-19(17)22/h4-14H,3H2,1-2H3,(H,23,24)/t14-/m0/s1. The molecule has 0 aliphatic rings. The predicted octanol–water partition coefficient (Wildman–Crippen LogP) is 6.37. The van der Waals surface area contributed by atoms with Crippen molar-refractivity contribution in [3.05, 3.63) is 76.3 Å². The molecule has 0 heterocycles. The molecule has 1 atom stereocenters. The van der Waals surface area contributed by atoms with Crippen molar-refractivity contribution in [2.24, 2.45) is 0 Å². The van der Waals surface area contributed by atoms with Crippen molar-refractivity contribution < 1.29 is 4.79 Å². The Morgan fingerprint density at radius 3 is 2.50 bits per heavy atom. The van der Waals surface area contributed by atoms with E-state index < -0.39 is 0 Å². The van der Waals surface area contributed by atoms with Gasteiger partial charge in [0.1, 0.15) is 0 Å². The van der Waals surface area contributed by atoms with Crippen molar-refractivity contribution in [3.63, 3.8) is 0 Å². The average molecular weight is 382 g/mol. The molecule has 1 N–H and O–H groups in total. The van der Waals surface area contributed by atoms with Crippen LogP contribution in [0, 0.1) is 0 Å². The third-order valence-corrected chi connectivity index (χ3v) is 5.16. The smallest absolute Gasteiger partial charge is 0.256 e. The van der Waals surface area contributed by atoms with Gasteiger partial charge in [-0.15, -0.1) is 0 Å². The van der Waals surface area contributed by atoms with Crippen LogP contribution in [0.15, 0.2) is 65.1 Å². The number of para-hydroxylation sites is 1. The highest BCUT2D eigenvalue weighted by atomic mass is 79.9. The molecule has 122 valence electrons. The maximum Gasteiger partial charge on any atom is 0.256 e. The molecule has 3 aromatic carbocycles. The van der Waals surface area contributed by atoms with Gasteiger partial charge in [0, 0.05) is 15.7 Å². The Kier molecular flexibility index (Phi) is 5.00. The molecule has 2 nitrogen and oxygen atoms in total. The van der Waals surface area contributed by atoms with Crippen molar-refractivity contribution in [1.29, 1.82) is 0 Å². The molecule has 3 rings (SSSR count). The van der Waals surface area contributed by atoms with Gasteiger partial charge in [-0.05, 0) is 46.9 Å². The molecule has 0 bridgehead atoms. The second-order valence-electron chi connectivity index (χ2n) is 5.99. The normalized spacial score (nSPS) is 12.1. The molecule has 0 aromatic heterocycles. The summed E-state index contributed by atoms with van der Waals surface area (Å²) < 4.78 is 0.995. The van der Waals surface area contributed by atoms with Crippen LogP contribution in [-0.4, -0.2) is 5.91 Å². The number of anilines is 1. The number of nitrogens with one attached hydrogen (secondary N) is 1. The summed E-state index contributed by atoms with van der Waals surface area (Å²) in [6.45, 7) is 4.34. The van der Waals surface area contributed by atoms with Gasteiger partial charge in [-0.25, -0.2) is 0 Å². The number of halogens is 1. The molecule has 0 spiro atoms. The Bertz CT molecular complexity index is 888. The van der Waals surface area contributed by atoms with Crippen molar-refractivity contribution in [2.45, 2.75) is 26.2 Å². The Morgan fingerprint density at radius 2 is 1.71 bits per heavy atom. The molecule has 3 heteroatoms. The Hall–Kier alpha value is -2.13. The summed E-state index contributed by atoms with van der Waals surface area (Å²) in [6, 6.07) is 19.8. The largest absolute Gasteiger partial charge is 0.322 e. The zero-order valence-corrected chi connectivity index (χ0v) is 15.4. The summed E-state index contributed by atoms with van der Waals surface area (Å²) in [5, 5.41) is 5.09. The number of hydrogen-bond donors (Lipinski definition) is 1. The Morgan fingerprint density at radius 1 is 1.00 bits per heavy atom. The van der Waals surface area contributed by atoms with Crippen LogP contribution in [0.5, 0.6) is 0 Å². The van der Waals surface area contributed by atoms with Gasteiger partial charge in [0.2, 0.25) is 0 Å². The number of benzene rings is 3. The SMILES string of the molecule is CC[C@H](C)c1ccccc1NC(=O)c1cccc2c(Br)cccc12. The first-order valence-corrected chi connectivity index (χ1v) is 8.98. The fourth-order valence-electron chi connectivity index (χ4n) is 2.92. The van der Waals surface area contributed by atoms with Crippen LogP contribution in [0.4, 0.5) is 5.69 Å². The minimum Gasteiger partial charge on any atom is -0.322 e. The lowest BCUT2D eigenvalue weighted by Crippen LogP contribution is -2.14. The van der Waals surface area contributed by atoms with Gasteiger partial charge in [0.05, 0.1) is 0 Å². The maximum atomic E-state index is 12.9. The summed E-state index contributed by atoms with van der Waals surface area (Å²) in [4.78, 5) is 12.9. The molecule has 0 aliphatic carbocycles. The molecule has 0 aliphatic heterocycles. The lowest BCUT2D eigenvalue weighted by molar-refractivity contribution is 0.102. The third kappa shape index (κ3) is 3.22. The average Bonchev–Trinajstić information content (AvgIpc) is 2.61. The lowest BCUT2D eigenvalue weighted by atomic mass is 9.96. The highest BCUT2D eigenvalue weighted by Crippen LogP contribution is 2.29. The van der Waals surface area contributed by atoms with Crippen LogP contribution >= 0.6 is 15.9 Å². The Labute approximate surface area is 151 Å². The fraction of sp³-hybridized carbons (Fsp3) is 0.190. The summed E-state index contributed by atoms with van der Waals surface area (Å²) in [5.74, 6) is 0.331. The van der Waals surface area contributed by atoms with E-state index >= 15 is 0 Å². The van der Waals surface area contributed by atoms with Gasteiger partial charge >= 0.3 is 0 Å². The van der Waals surface area contributed by atoms with Crippen LogP contribution in [0.2, 0.25) is 0 Å². The van der Waals surface area contributed by atoms with Gasteiger partial charge in [0.15, 0.2) is 0 Å². The quantitative estimate of drug-likeness (QED) is 0.558. The second kappa shape index (κ2) is 7.18. The topological polar surface area (TPSA) is 29.1 Å². The molecule has 3 aromatic rings. The van der Waals surface area contributed by atoms with E-state index in [-0.39, 0.29) is 5.91 Å². The van der Waals surface area contributed by atoms with E-state index in [1.807, 2.05) is 54.6 Å². The van der Waals surface area contributed by atoms with Crippen LogP contribution in [-0.2, 0) is 0 Å². The zero-order valence-electron chi connectivity index (χ0n) is 13.8. The van der Waals surface area contributed by atoms with Gasteiger partial charge in [-0.2, -0.15) is 0 Å². The first-order chi connectivity index (χ1) is 11.6. The second-order valence-corrected chi connectivity index (χ2v) is 6.85. The molecule has 0 saturated carbocycles. The number of rotatable bonds is 4. The summed E-state index contributed by atoms with van der Waals surface area (Å²) in [5.41, 5.74) is 2.76. The Balaban J connectivity index is 1.99. The van der Waals surface area contributed by atoms with Gasteiger partial charge in [0.25, 0.3) is 5.91 Å². The number of carbonyl (C=O) groups excluding carboxylic acids is 1. The predicted molar refractivity (Wildman–Crippen MR) is 105 cm³/mol. The van der Waals surface area contributed by atoms with E-state index in [0.717, 1.165) is 27.4 Å². The van der Waals surface area contributed by atoms with Crippen LogP contribution in [0.1, 0.15) is 42.1 Å². The number of hydrogen-bond acceptors (Lipinski definition) is 1. The highest BCUT2D eigenvalue weighted by molar-refractivity contribution is 9.10. The molecule has 0 saturated heterocycles. The van der Waals surface area contributed by atoms with Crippen molar-refractivity contribution in [3.8, 4) is 0 Å². The van der Waals surface area contributed by atoms with Crippen LogP contribution in [0.3, 0.4) is 0 Å². The van der Waals surface area contributed by atoms with Gasteiger partial charge in [-0.3, -0.25) is 4.79 Å². The first-order valence-electron chi connectivity index (χ1n) is 8.19. The molecule has 1 amide bonds. The van der Waals surface area contributed by atoms with E-state index in [2.05, 4.69) is 41.2 Å². The summed E-state index contributed by atoms with van der Waals surface area (Å²) in [6.07, 6.45) is 1.04. The zero-order chi connectivity index (χ0) is 17.1. The van der Waals surface area contributed by atoms with E-state index in [0.29, 0.717) is 11.5 Å². The van der Waals surface area contributed by atoms with E-state index in [1.165, 1.54) is 5.56 Å². The molecule has 0 unspecified atom stereocenters. The van der Waals surface area contributed by atoms with Gasteiger partial charge in [-0.1, -0.05) is 72.2 Å². The molecular formula is C21H20BrNO. The van der Waals surface area contributed by atoms with Gasteiger partial charge < -0.3 is 5.32 Å². The first kappa shape index (κ1) is 16.7. The maximum absolute atomic E-state index is 12.9. The molecular weight excluding hydrogens is 362 g/mol. The summed E-state index contributed by atoms with van der Waals surface area (Å²) >= 11 is 3.56. The number of fused-ring (bicyclic) bond motifs is 1. The molecule has 0 radical (unpaired) electrons. The third-order valence-electron chi connectivity index (χ3n) is 4.47. The van der Waals surface area contributed by atoms with E-state index in [1.54, 1.807) is 0 Å². The van der Waals surface area contributed by atoms with Crippen molar-refractivity contribution >= 4 is 38.3 Å². The minimum absolute atomic E-state index is 0.0746. The van der Waals surface area contributed by atoms with Crippen molar-refractivity contribution in [1.82, 2.24) is 0 Å².